The van der Waals surface area contributed by atoms with Crippen LogP contribution in [0.15, 0.2) is 22.7 Å². The summed E-state index contributed by atoms with van der Waals surface area (Å²) in [6, 6.07) is 2.94. The molecule has 4 heterocycles. The largest absolute Gasteiger partial charge is 0.417 e. The maximum atomic E-state index is 13.4. The fourth-order valence-electron chi connectivity index (χ4n) is 4.32. The summed E-state index contributed by atoms with van der Waals surface area (Å²) in [6.07, 6.45) is -4.09. The van der Waals surface area contributed by atoms with Crippen LogP contribution in [0.2, 0.25) is 5.02 Å². The van der Waals surface area contributed by atoms with E-state index < -0.39 is 11.7 Å². The molecule has 1 N–H and O–H groups in total. The Morgan fingerprint density at radius 3 is 2.76 bits per heavy atom. The normalized spacial score (nSPS) is 23.7. The molecule has 0 spiro atoms. The van der Waals surface area contributed by atoms with Gasteiger partial charge in [0.25, 0.3) is 0 Å². The fraction of sp³-hybridized carbons (Fsp3) is 0.500. The number of nitrogens with zero attached hydrogens (tertiary/aromatic N) is 4. The molecule has 13 heteroatoms. The maximum absolute atomic E-state index is 13.4. The van der Waals surface area contributed by atoms with Crippen molar-refractivity contribution in [2.75, 3.05) is 32.8 Å². The molecule has 2 atom stereocenters. The first kappa shape index (κ1) is 22.0. The second kappa shape index (κ2) is 8.17. The van der Waals surface area contributed by atoms with Gasteiger partial charge in [-0.1, -0.05) is 16.8 Å². The molecule has 0 saturated carbocycles. The van der Waals surface area contributed by atoms with Gasteiger partial charge in [0.2, 0.25) is 17.6 Å². The standard InChI is InChI=1S/C20H19ClF3N5O4/c21-11-1-2-12(13(5-11)20(22,23)24)17-26-18(33-27-17)10-6-29(7-10)19(31)28-4-3-15-14(8-28)25-16(30)9-32-15/h1-2,5,10,14-15H,3-4,6-9H2,(H,25,30)/t14-,15+/m1/s1. The molecule has 3 aliphatic rings. The van der Waals surface area contributed by atoms with Crippen LogP contribution in [-0.2, 0) is 15.7 Å². The van der Waals surface area contributed by atoms with Crippen molar-refractivity contribution >= 4 is 23.5 Å². The van der Waals surface area contributed by atoms with Crippen molar-refractivity contribution in [1.82, 2.24) is 25.3 Å². The summed E-state index contributed by atoms with van der Waals surface area (Å²) in [6.45, 7) is 1.52. The van der Waals surface area contributed by atoms with E-state index in [9.17, 15) is 22.8 Å². The Labute approximate surface area is 190 Å². The van der Waals surface area contributed by atoms with Crippen LogP contribution >= 0.6 is 11.6 Å². The summed E-state index contributed by atoms with van der Waals surface area (Å²) in [5, 5.41) is 6.51. The van der Waals surface area contributed by atoms with Crippen molar-refractivity contribution in [1.29, 1.82) is 0 Å². The van der Waals surface area contributed by atoms with Crippen molar-refractivity contribution in [3.63, 3.8) is 0 Å². The number of nitrogens with one attached hydrogen (secondary N) is 1. The third-order valence-electron chi connectivity index (χ3n) is 6.07. The third kappa shape index (κ3) is 4.24. The molecule has 3 aliphatic heterocycles. The van der Waals surface area contributed by atoms with Gasteiger partial charge in [0.15, 0.2) is 0 Å². The molecular formula is C20H19ClF3N5O4. The number of ether oxygens (including phenoxy) is 1. The number of morpholine rings is 1. The molecule has 0 aliphatic carbocycles. The van der Waals surface area contributed by atoms with E-state index in [-0.39, 0.29) is 58.9 Å². The molecule has 1 aromatic carbocycles. The second-order valence-electron chi connectivity index (χ2n) is 8.29. The number of carbonyl (C=O) groups excluding carboxylic acids is 2. The minimum Gasteiger partial charge on any atom is -0.366 e. The lowest BCUT2D eigenvalue weighted by Gasteiger charge is -2.45. The molecule has 2 aromatic rings. The van der Waals surface area contributed by atoms with Crippen LogP contribution < -0.4 is 5.32 Å². The van der Waals surface area contributed by atoms with E-state index >= 15 is 0 Å². The zero-order chi connectivity index (χ0) is 23.3. The van der Waals surface area contributed by atoms with Crippen LogP contribution in [0.5, 0.6) is 0 Å². The van der Waals surface area contributed by atoms with Gasteiger partial charge in [-0.3, -0.25) is 4.79 Å². The topological polar surface area (TPSA) is 101 Å². The van der Waals surface area contributed by atoms with Gasteiger partial charge in [-0.2, -0.15) is 18.2 Å². The monoisotopic (exact) mass is 485 g/mol. The van der Waals surface area contributed by atoms with Crippen LogP contribution in [-0.4, -0.2) is 76.8 Å². The third-order valence-corrected chi connectivity index (χ3v) is 6.30. The van der Waals surface area contributed by atoms with Crippen molar-refractivity contribution in [2.24, 2.45) is 0 Å². The van der Waals surface area contributed by atoms with Gasteiger partial charge in [0.05, 0.1) is 23.6 Å². The van der Waals surface area contributed by atoms with Gasteiger partial charge in [-0.15, -0.1) is 0 Å². The van der Waals surface area contributed by atoms with Gasteiger partial charge in [0, 0.05) is 36.8 Å². The van der Waals surface area contributed by atoms with E-state index in [0.717, 1.165) is 6.07 Å². The number of halogens is 4. The summed E-state index contributed by atoms with van der Waals surface area (Å²) in [4.78, 5) is 31.8. The minimum atomic E-state index is -4.63. The Bertz CT molecular complexity index is 1090. The van der Waals surface area contributed by atoms with E-state index in [0.29, 0.717) is 32.6 Å². The predicted octanol–water partition coefficient (Wildman–Crippen LogP) is 2.52. The number of hydrogen-bond acceptors (Lipinski definition) is 6. The van der Waals surface area contributed by atoms with Gasteiger partial charge < -0.3 is 24.4 Å². The molecule has 9 nitrogen and oxygen atoms in total. The first-order valence-corrected chi connectivity index (χ1v) is 10.7. The Kier molecular flexibility index (Phi) is 5.44. The van der Waals surface area contributed by atoms with Crippen LogP contribution in [0.1, 0.15) is 23.8 Å². The number of alkyl halides is 3. The molecule has 0 bridgehead atoms. The van der Waals surface area contributed by atoms with Crippen molar-refractivity contribution < 1.29 is 32.0 Å². The highest BCUT2D eigenvalue weighted by atomic mass is 35.5. The van der Waals surface area contributed by atoms with Gasteiger partial charge in [-0.25, -0.2) is 4.79 Å². The smallest absolute Gasteiger partial charge is 0.366 e. The molecule has 5 rings (SSSR count). The number of carbonyl (C=O) groups is 2. The average molecular weight is 486 g/mol. The van der Waals surface area contributed by atoms with E-state index in [1.54, 1.807) is 9.80 Å². The number of hydrogen-bond donors (Lipinski definition) is 1. The average Bonchev–Trinajstić information content (AvgIpc) is 3.20. The molecule has 0 radical (unpaired) electrons. The molecule has 3 fully saturated rings. The number of amides is 3. The SMILES string of the molecule is O=C1CO[C@H]2CCN(C(=O)N3CC(c4nc(-c5ccc(Cl)cc5C(F)(F)F)no4)C3)C[C@H]2N1. The minimum absolute atomic E-state index is 0.0373. The first-order valence-electron chi connectivity index (χ1n) is 10.3. The number of piperidine rings is 1. The summed E-state index contributed by atoms with van der Waals surface area (Å²) >= 11 is 5.72. The molecule has 3 amide bonds. The second-order valence-corrected chi connectivity index (χ2v) is 8.72. The van der Waals surface area contributed by atoms with Crippen LogP contribution in [0, 0.1) is 0 Å². The zero-order valence-electron chi connectivity index (χ0n) is 17.1. The Morgan fingerprint density at radius 1 is 1.21 bits per heavy atom. The highest BCUT2D eigenvalue weighted by molar-refractivity contribution is 6.30. The summed E-state index contributed by atoms with van der Waals surface area (Å²) in [5.41, 5.74) is -1.18. The Morgan fingerprint density at radius 2 is 2.00 bits per heavy atom. The first-order chi connectivity index (χ1) is 15.7. The summed E-state index contributed by atoms with van der Waals surface area (Å²) in [5.74, 6) is -0.485. The summed E-state index contributed by atoms with van der Waals surface area (Å²) in [7, 11) is 0. The number of benzene rings is 1. The fourth-order valence-corrected chi connectivity index (χ4v) is 4.49. The number of likely N-dealkylation sites (tertiary alicyclic amines) is 2. The van der Waals surface area contributed by atoms with E-state index in [2.05, 4.69) is 15.5 Å². The summed E-state index contributed by atoms with van der Waals surface area (Å²) < 4.78 is 50.8. The van der Waals surface area contributed by atoms with Crippen molar-refractivity contribution in [2.45, 2.75) is 30.7 Å². The zero-order valence-corrected chi connectivity index (χ0v) is 17.9. The van der Waals surface area contributed by atoms with Gasteiger partial charge in [0.1, 0.15) is 6.61 Å². The van der Waals surface area contributed by atoms with E-state index in [1.807, 2.05) is 0 Å². The molecule has 33 heavy (non-hydrogen) atoms. The lowest BCUT2D eigenvalue weighted by molar-refractivity contribution is -0.140. The highest BCUT2D eigenvalue weighted by Gasteiger charge is 2.42. The number of aromatic nitrogens is 2. The lowest BCUT2D eigenvalue weighted by atomic mass is 9.98. The van der Waals surface area contributed by atoms with Crippen LogP contribution in [0.3, 0.4) is 0 Å². The van der Waals surface area contributed by atoms with Gasteiger partial charge >= 0.3 is 12.2 Å². The lowest BCUT2D eigenvalue weighted by Crippen LogP contribution is -2.63. The number of fused-ring (bicyclic) bond motifs is 1. The maximum Gasteiger partial charge on any atom is 0.417 e. The predicted molar refractivity (Wildman–Crippen MR) is 107 cm³/mol. The molecule has 3 saturated heterocycles. The van der Waals surface area contributed by atoms with Crippen molar-refractivity contribution in [3.05, 3.63) is 34.7 Å². The van der Waals surface area contributed by atoms with E-state index in [1.165, 1.54) is 12.1 Å². The molecule has 0 unspecified atom stereocenters. The quantitative estimate of drug-likeness (QED) is 0.701. The molecule has 176 valence electrons. The van der Waals surface area contributed by atoms with Crippen LogP contribution in [0.25, 0.3) is 11.4 Å². The van der Waals surface area contributed by atoms with Gasteiger partial charge in [-0.05, 0) is 24.6 Å². The number of urea groups is 1. The highest BCUT2D eigenvalue weighted by Crippen LogP contribution is 2.38. The Balaban J connectivity index is 1.22. The molecule has 1 aromatic heterocycles. The van der Waals surface area contributed by atoms with Crippen LogP contribution in [0.4, 0.5) is 18.0 Å². The molecular weight excluding hydrogens is 467 g/mol. The van der Waals surface area contributed by atoms with Crippen molar-refractivity contribution in [3.8, 4) is 11.4 Å². The Hall–Kier alpha value is -2.86. The number of rotatable bonds is 2. The van der Waals surface area contributed by atoms with E-state index in [4.69, 9.17) is 20.9 Å².